The lowest BCUT2D eigenvalue weighted by molar-refractivity contribution is -0.127. The van der Waals surface area contributed by atoms with Gasteiger partial charge in [-0.1, -0.05) is 6.42 Å². The maximum absolute atomic E-state index is 13.1. The molecular weight excluding hydrogens is 408 g/mol. The quantitative estimate of drug-likeness (QED) is 0.745. The van der Waals surface area contributed by atoms with Crippen LogP contribution in [0.25, 0.3) is 5.69 Å². The van der Waals surface area contributed by atoms with Gasteiger partial charge in [-0.25, -0.2) is 0 Å². The largest absolute Gasteiger partial charge is 0.497 e. The molecule has 1 unspecified atom stereocenters. The van der Waals surface area contributed by atoms with E-state index in [0.29, 0.717) is 24.6 Å². The highest BCUT2D eigenvalue weighted by Crippen LogP contribution is 2.31. The van der Waals surface area contributed by atoms with E-state index in [4.69, 9.17) is 14.2 Å². The number of hydrogen-bond acceptors (Lipinski definition) is 6. The lowest BCUT2D eigenvalue weighted by Gasteiger charge is -2.37. The number of carbonyl (C=O) groups is 1. The van der Waals surface area contributed by atoms with Gasteiger partial charge in [0.15, 0.2) is 6.29 Å². The molecule has 0 spiro atoms. The van der Waals surface area contributed by atoms with Gasteiger partial charge in [-0.15, -0.1) is 0 Å². The van der Waals surface area contributed by atoms with E-state index in [1.807, 2.05) is 42.7 Å². The van der Waals surface area contributed by atoms with Crippen LogP contribution in [0.1, 0.15) is 36.1 Å². The van der Waals surface area contributed by atoms with Gasteiger partial charge >= 0.3 is 0 Å². The summed E-state index contributed by atoms with van der Waals surface area (Å²) in [5.74, 6) is 1.09. The second-order valence-corrected chi connectivity index (χ2v) is 8.27. The Bertz CT molecular complexity index is 1000. The number of rotatable bonds is 6. The Morgan fingerprint density at radius 1 is 1.22 bits per heavy atom. The fourth-order valence-electron chi connectivity index (χ4n) is 4.59. The predicted octanol–water partition coefficient (Wildman–Crippen LogP) is 3.14. The Morgan fingerprint density at radius 3 is 2.59 bits per heavy atom. The third-order valence-electron chi connectivity index (χ3n) is 6.39. The first-order valence-corrected chi connectivity index (χ1v) is 11.1. The number of amides is 1. The summed E-state index contributed by atoms with van der Waals surface area (Å²) in [6.07, 6.45) is 2.82. The Kier molecular flexibility index (Phi) is 6.80. The second-order valence-electron chi connectivity index (χ2n) is 8.27. The summed E-state index contributed by atoms with van der Waals surface area (Å²) in [5.41, 5.74) is 3.09. The Balaban J connectivity index is 1.58. The Labute approximate surface area is 188 Å². The molecule has 8 heteroatoms. The zero-order valence-electron chi connectivity index (χ0n) is 18.9. The van der Waals surface area contributed by atoms with E-state index in [1.165, 1.54) is 0 Å². The maximum Gasteiger partial charge on any atom is 0.239 e. The van der Waals surface area contributed by atoms with Crippen LogP contribution in [0.2, 0.25) is 0 Å². The molecule has 1 atom stereocenters. The first-order valence-electron chi connectivity index (χ1n) is 11.1. The number of methoxy groups -OCH3 is 1. The van der Waals surface area contributed by atoms with Crippen LogP contribution in [0.15, 0.2) is 24.3 Å². The number of ether oxygens (including phenoxy) is 3. The van der Waals surface area contributed by atoms with Crippen molar-refractivity contribution in [1.29, 1.82) is 5.26 Å². The monoisotopic (exact) mass is 438 g/mol. The van der Waals surface area contributed by atoms with Gasteiger partial charge < -0.3 is 19.5 Å². The molecule has 2 aromatic rings. The van der Waals surface area contributed by atoms with Gasteiger partial charge in [0.25, 0.3) is 0 Å². The van der Waals surface area contributed by atoms with Gasteiger partial charge in [0.1, 0.15) is 17.6 Å². The van der Waals surface area contributed by atoms with E-state index in [9.17, 15) is 10.1 Å². The summed E-state index contributed by atoms with van der Waals surface area (Å²) in [4.78, 5) is 15.3. The van der Waals surface area contributed by atoms with Crippen molar-refractivity contribution in [3.05, 3.63) is 41.1 Å². The molecule has 3 heterocycles. The Morgan fingerprint density at radius 2 is 1.94 bits per heavy atom. The fourth-order valence-corrected chi connectivity index (χ4v) is 4.59. The van der Waals surface area contributed by atoms with Crippen molar-refractivity contribution in [3.8, 4) is 17.5 Å². The number of nitriles is 1. The standard InChI is InChI=1S/C24H30N4O4/c1-16-17(2)28(18-7-9-19(30-3)10-8-18)23(20(16)14-25)26-22(29)15-27-11-5-4-6-21(27)24-31-12-13-32-24/h7-10,21,24H,4-6,11-13,15H2,1-3H3,(H,26,29). The van der Waals surface area contributed by atoms with E-state index in [1.54, 1.807) is 7.11 Å². The first kappa shape index (κ1) is 22.3. The number of aromatic nitrogens is 1. The normalized spacial score (nSPS) is 19.6. The van der Waals surface area contributed by atoms with Crippen molar-refractivity contribution in [1.82, 2.24) is 9.47 Å². The van der Waals surface area contributed by atoms with Crippen LogP contribution in [-0.4, -0.2) is 61.1 Å². The van der Waals surface area contributed by atoms with Crippen molar-refractivity contribution < 1.29 is 19.0 Å². The number of anilines is 1. The molecule has 32 heavy (non-hydrogen) atoms. The van der Waals surface area contributed by atoms with E-state index in [-0.39, 0.29) is 24.8 Å². The summed E-state index contributed by atoms with van der Waals surface area (Å²) in [7, 11) is 1.62. The molecule has 1 aromatic heterocycles. The number of benzene rings is 1. The smallest absolute Gasteiger partial charge is 0.239 e. The minimum absolute atomic E-state index is 0.0734. The average Bonchev–Trinajstić information content (AvgIpc) is 3.42. The lowest BCUT2D eigenvalue weighted by atomic mass is 10.0. The van der Waals surface area contributed by atoms with Crippen LogP contribution >= 0.6 is 0 Å². The third-order valence-corrected chi connectivity index (χ3v) is 6.39. The highest BCUT2D eigenvalue weighted by atomic mass is 16.7. The Hall–Kier alpha value is -2.86. The lowest BCUT2D eigenvalue weighted by Crippen LogP contribution is -2.50. The van der Waals surface area contributed by atoms with Crippen molar-refractivity contribution in [2.24, 2.45) is 0 Å². The molecular formula is C24H30N4O4. The molecule has 1 amide bonds. The number of likely N-dealkylation sites (tertiary alicyclic amines) is 1. The fraction of sp³-hybridized carbons (Fsp3) is 0.500. The molecule has 2 aliphatic rings. The molecule has 8 nitrogen and oxygen atoms in total. The molecule has 1 N–H and O–H groups in total. The van der Waals surface area contributed by atoms with Crippen LogP contribution in [-0.2, 0) is 14.3 Å². The zero-order valence-corrected chi connectivity index (χ0v) is 18.9. The minimum atomic E-state index is -0.273. The summed E-state index contributed by atoms with van der Waals surface area (Å²) >= 11 is 0. The average molecular weight is 439 g/mol. The number of nitrogens with zero attached hydrogens (tertiary/aromatic N) is 3. The van der Waals surface area contributed by atoms with Gasteiger partial charge in [-0.3, -0.25) is 14.3 Å². The molecule has 170 valence electrons. The molecule has 2 fully saturated rings. The van der Waals surface area contributed by atoms with Gasteiger partial charge in [0.2, 0.25) is 5.91 Å². The van der Waals surface area contributed by atoms with Gasteiger partial charge in [0.05, 0.1) is 38.5 Å². The predicted molar refractivity (Wildman–Crippen MR) is 120 cm³/mol. The van der Waals surface area contributed by atoms with E-state index in [0.717, 1.165) is 48.5 Å². The SMILES string of the molecule is COc1ccc(-n2c(C)c(C)c(C#N)c2NC(=O)CN2CCCCC2C2OCCO2)cc1. The molecule has 4 rings (SSSR count). The molecule has 0 aliphatic carbocycles. The zero-order chi connectivity index (χ0) is 22.7. The molecule has 2 aliphatic heterocycles. The number of nitrogens with one attached hydrogen (secondary N) is 1. The van der Waals surface area contributed by atoms with Gasteiger partial charge in [0, 0.05) is 11.4 Å². The van der Waals surface area contributed by atoms with Crippen molar-refractivity contribution in [3.63, 3.8) is 0 Å². The first-order chi connectivity index (χ1) is 15.5. The van der Waals surface area contributed by atoms with Crippen molar-refractivity contribution in [2.45, 2.75) is 45.4 Å². The summed E-state index contributed by atoms with van der Waals surface area (Å²) in [6.45, 7) is 6.10. The molecule has 0 bridgehead atoms. The molecule has 2 saturated heterocycles. The van der Waals surface area contributed by atoms with Crippen LogP contribution in [0.4, 0.5) is 5.82 Å². The minimum Gasteiger partial charge on any atom is -0.497 e. The van der Waals surface area contributed by atoms with Gasteiger partial charge in [-0.05, 0) is 63.1 Å². The van der Waals surface area contributed by atoms with E-state index >= 15 is 0 Å². The summed E-state index contributed by atoms with van der Waals surface area (Å²) < 4.78 is 18.6. The highest BCUT2D eigenvalue weighted by Gasteiger charge is 2.34. The number of hydrogen-bond donors (Lipinski definition) is 1. The topological polar surface area (TPSA) is 88.8 Å². The maximum atomic E-state index is 13.1. The van der Waals surface area contributed by atoms with Crippen LogP contribution < -0.4 is 10.1 Å². The van der Waals surface area contributed by atoms with E-state index in [2.05, 4.69) is 16.3 Å². The molecule has 0 saturated carbocycles. The van der Waals surface area contributed by atoms with Crippen LogP contribution in [0, 0.1) is 25.2 Å². The van der Waals surface area contributed by atoms with Gasteiger partial charge in [-0.2, -0.15) is 5.26 Å². The van der Waals surface area contributed by atoms with Crippen molar-refractivity contribution in [2.75, 3.05) is 38.7 Å². The molecule has 0 radical (unpaired) electrons. The summed E-state index contributed by atoms with van der Waals surface area (Å²) in [6, 6.07) is 9.89. The number of carbonyl (C=O) groups excluding carboxylic acids is 1. The van der Waals surface area contributed by atoms with Crippen LogP contribution in [0.3, 0.4) is 0 Å². The highest BCUT2D eigenvalue weighted by molar-refractivity contribution is 5.93. The van der Waals surface area contributed by atoms with Crippen molar-refractivity contribution >= 4 is 11.7 Å². The second kappa shape index (κ2) is 9.74. The molecule has 1 aromatic carbocycles. The summed E-state index contributed by atoms with van der Waals surface area (Å²) in [5, 5.41) is 12.8. The third kappa shape index (κ3) is 4.37. The van der Waals surface area contributed by atoms with E-state index < -0.39 is 0 Å². The van der Waals surface area contributed by atoms with Crippen LogP contribution in [0.5, 0.6) is 5.75 Å². The number of piperidine rings is 1.